The summed E-state index contributed by atoms with van der Waals surface area (Å²) in [4.78, 5) is 102. The van der Waals surface area contributed by atoms with Gasteiger partial charge in [0.15, 0.2) is 0 Å². The van der Waals surface area contributed by atoms with Crippen molar-refractivity contribution in [2.75, 3.05) is 19.8 Å². The minimum Gasteiger partial charge on any atom is -0.432 e. The highest BCUT2D eigenvalue weighted by atomic mass is 17.2. The zero-order valence-corrected chi connectivity index (χ0v) is 33.3. The zero-order valence-electron chi connectivity index (χ0n) is 33.3. The highest BCUT2D eigenvalue weighted by Crippen LogP contribution is 2.22. The van der Waals surface area contributed by atoms with Gasteiger partial charge in [0, 0.05) is 0 Å². The summed E-state index contributed by atoms with van der Waals surface area (Å²) in [5.74, 6) is -3.54. The molecule has 0 saturated carbocycles. The van der Waals surface area contributed by atoms with Crippen LogP contribution in [0.2, 0.25) is 0 Å². The third kappa shape index (κ3) is 13.8. The summed E-state index contributed by atoms with van der Waals surface area (Å²) in [6.45, 7) is -1.09. The molecule has 0 aliphatic rings. The minimum absolute atomic E-state index is 0.0167. The van der Waals surface area contributed by atoms with E-state index in [0.717, 1.165) is 33.4 Å². The summed E-state index contributed by atoms with van der Waals surface area (Å²) in [6, 6.07) is 47.7. The second-order valence-electron chi connectivity index (χ2n) is 13.4. The molecular weight excluding hydrogens is 817 g/mol. The van der Waals surface area contributed by atoms with E-state index in [1.807, 2.05) is 91.0 Å². The predicted molar refractivity (Wildman–Crippen MR) is 222 cm³/mol. The highest BCUT2D eigenvalue weighted by molar-refractivity contribution is 5.91. The van der Waals surface area contributed by atoms with E-state index in [4.69, 9.17) is 14.2 Å². The van der Waals surface area contributed by atoms with E-state index in [1.54, 1.807) is 36.4 Å². The normalized spacial score (nSPS) is 10.4. The molecule has 15 heteroatoms. The van der Waals surface area contributed by atoms with Crippen molar-refractivity contribution in [2.24, 2.45) is 5.92 Å². The Labute approximate surface area is 360 Å². The highest BCUT2D eigenvalue weighted by Gasteiger charge is 2.21. The van der Waals surface area contributed by atoms with E-state index in [9.17, 15) is 28.8 Å². The lowest BCUT2D eigenvalue weighted by Gasteiger charge is -2.16. The lowest BCUT2D eigenvalue weighted by molar-refractivity contribution is -0.206. The predicted octanol–water partition coefficient (Wildman–Crippen LogP) is 10.2. The Balaban J connectivity index is 0.948. The van der Waals surface area contributed by atoms with Gasteiger partial charge < -0.3 is 14.2 Å². The van der Waals surface area contributed by atoms with Gasteiger partial charge in [-0.3, -0.25) is 0 Å². The van der Waals surface area contributed by atoms with Crippen molar-refractivity contribution in [3.63, 3.8) is 0 Å². The van der Waals surface area contributed by atoms with E-state index >= 15 is 0 Å². The first-order valence-electron chi connectivity index (χ1n) is 19.3. The van der Waals surface area contributed by atoms with Gasteiger partial charge in [-0.05, 0) is 88.5 Å². The van der Waals surface area contributed by atoms with Gasteiger partial charge in [-0.1, -0.05) is 127 Å². The molecule has 0 amide bonds. The van der Waals surface area contributed by atoms with Gasteiger partial charge in [0.2, 0.25) is 0 Å². The largest absolute Gasteiger partial charge is 0.549 e. The molecule has 0 heterocycles. The van der Waals surface area contributed by atoms with Crippen LogP contribution in [0.3, 0.4) is 0 Å². The van der Waals surface area contributed by atoms with E-state index in [2.05, 4.69) is 29.3 Å². The number of rotatable bonds is 14. The number of carbonyl (C=O) groups excluding carboxylic acids is 6. The fraction of sp³-hybridized carbons (Fsp3) is 0.125. The summed E-state index contributed by atoms with van der Waals surface area (Å²) in [5, 5.41) is 0. The Kier molecular flexibility index (Phi) is 15.9. The lowest BCUT2D eigenvalue weighted by Crippen LogP contribution is -2.21. The summed E-state index contributed by atoms with van der Waals surface area (Å²) in [7, 11) is 0. The average Bonchev–Trinajstić information content (AvgIpc) is 3.34. The SMILES string of the molecule is O=C(OCCC(CCOC(=O)OOC(=O)c1ccc(-c2ccccc2)cc1)COC(=O)OOC(=O)c1ccc(-c2ccccc2)cc1)OOC(=O)c1ccc(-c2ccccc2)cc1. The quantitative estimate of drug-likeness (QED) is 0.0436. The van der Waals surface area contributed by atoms with Crippen LogP contribution in [-0.2, 0) is 43.5 Å². The van der Waals surface area contributed by atoms with Crippen molar-refractivity contribution in [1.29, 1.82) is 0 Å². The molecule has 320 valence electrons. The van der Waals surface area contributed by atoms with Gasteiger partial charge >= 0.3 is 36.4 Å². The van der Waals surface area contributed by atoms with Crippen molar-refractivity contribution in [2.45, 2.75) is 12.8 Å². The summed E-state index contributed by atoms with van der Waals surface area (Å²) in [6.07, 6.45) is -4.09. The Morgan fingerprint density at radius 1 is 0.317 bits per heavy atom. The van der Waals surface area contributed by atoms with Crippen LogP contribution >= 0.6 is 0 Å². The Morgan fingerprint density at radius 2 is 0.587 bits per heavy atom. The maximum absolute atomic E-state index is 12.5. The van der Waals surface area contributed by atoms with Crippen molar-refractivity contribution in [3.05, 3.63) is 180 Å². The zero-order chi connectivity index (χ0) is 44.2. The maximum atomic E-state index is 12.5. The second-order valence-corrected chi connectivity index (χ2v) is 13.4. The van der Waals surface area contributed by atoms with Gasteiger partial charge in [-0.2, -0.15) is 14.4 Å². The molecule has 63 heavy (non-hydrogen) atoms. The lowest BCUT2D eigenvalue weighted by atomic mass is 10.0. The Morgan fingerprint density at radius 3 is 0.889 bits per heavy atom. The fourth-order valence-electron chi connectivity index (χ4n) is 5.83. The van der Waals surface area contributed by atoms with Crippen molar-refractivity contribution >= 4 is 36.4 Å². The van der Waals surface area contributed by atoms with Crippen LogP contribution in [0.4, 0.5) is 14.4 Å². The molecule has 0 aromatic heterocycles. The molecular formula is C48H38O15. The van der Waals surface area contributed by atoms with Crippen LogP contribution in [0, 0.1) is 5.92 Å². The van der Waals surface area contributed by atoms with Crippen molar-refractivity contribution in [1.82, 2.24) is 0 Å². The molecule has 0 atom stereocenters. The molecule has 0 spiro atoms. The molecule has 6 aromatic rings. The van der Waals surface area contributed by atoms with Crippen LogP contribution in [-0.4, -0.2) is 56.2 Å². The number of hydrogen-bond donors (Lipinski definition) is 0. The summed E-state index contributed by atoms with van der Waals surface area (Å²) < 4.78 is 15.1. The number of ether oxygens (including phenoxy) is 3. The van der Waals surface area contributed by atoms with E-state index in [-0.39, 0.29) is 42.7 Å². The first kappa shape index (κ1) is 44.1. The van der Waals surface area contributed by atoms with Gasteiger partial charge in [0.25, 0.3) is 0 Å². The number of benzene rings is 6. The molecule has 0 fully saturated rings. The van der Waals surface area contributed by atoms with E-state index in [1.165, 1.54) is 36.4 Å². The fourth-order valence-corrected chi connectivity index (χ4v) is 5.83. The standard InChI is InChI=1S/C48H38O15/c49-43(40-22-16-37(17-23-40)34-10-4-1-5-11-34)58-61-46(52)55-30-28-33(32-57-48(54)63-60-45(51)42-26-20-39(21-27-42)36-14-8-3-9-15-36)29-31-56-47(53)62-59-44(50)41-24-18-38(19-25-41)35-12-6-2-7-13-35/h1-27,33H,28-32H2. The Bertz CT molecular complexity index is 2320. The molecule has 0 radical (unpaired) electrons. The smallest absolute Gasteiger partial charge is 0.432 e. The molecule has 0 bridgehead atoms. The van der Waals surface area contributed by atoms with Crippen LogP contribution in [0.1, 0.15) is 43.9 Å². The summed E-state index contributed by atoms with van der Waals surface area (Å²) in [5.41, 5.74) is 5.72. The van der Waals surface area contributed by atoms with Crippen LogP contribution in [0.25, 0.3) is 33.4 Å². The first-order valence-corrected chi connectivity index (χ1v) is 19.3. The number of hydrogen-bond acceptors (Lipinski definition) is 15. The van der Waals surface area contributed by atoms with Gasteiger partial charge in [0.1, 0.15) is 0 Å². The monoisotopic (exact) mass is 854 g/mol. The van der Waals surface area contributed by atoms with Crippen molar-refractivity contribution < 1.29 is 72.3 Å². The number of carbonyl (C=O) groups is 6. The molecule has 0 saturated heterocycles. The topological polar surface area (TPSA) is 185 Å². The average molecular weight is 855 g/mol. The minimum atomic E-state index is -1.37. The van der Waals surface area contributed by atoms with Gasteiger partial charge in [-0.15, -0.1) is 0 Å². The third-order valence-electron chi connectivity index (χ3n) is 9.17. The molecule has 0 aliphatic carbocycles. The maximum Gasteiger partial charge on any atom is 0.549 e. The second kappa shape index (κ2) is 22.8. The molecule has 6 rings (SSSR count). The van der Waals surface area contributed by atoms with Gasteiger partial charge in [-0.25, -0.2) is 43.7 Å². The Hall–Kier alpha value is -8.46. The third-order valence-corrected chi connectivity index (χ3v) is 9.17. The first-order chi connectivity index (χ1) is 30.7. The van der Waals surface area contributed by atoms with Crippen LogP contribution < -0.4 is 0 Å². The summed E-state index contributed by atoms with van der Waals surface area (Å²) >= 11 is 0. The molecule has 15 nitrogen and oxygen atoms in total. The molecule has 0 aliphatic heterocycles. The van der Waals surface area contributed by atoms with E-state index in [0.29, 0.717) is 0 Å². The van der Waals surface area contributed by atoms with Gasteiger partial charge in [0.05, 0.1) is 36.5 Å². The van der Waals surface area contributed by atoms with Crippen molar-refractivity contribution in [3.8, 4) is 33.4 Å². The molecule has 6 aromatic carbocycles. The van der Waals surface area contributed by atoms with Crippen LogP contribution in [0.15, 0.2) is 164 Å². The van der Waals surface area contributed by atoms with Crippen LogP contribution in [0.5, 0.6) is 0 Å². The van der Waals surface area contributed by atoms with E-state index < -0.39 is 48.9 Å². The molecule has 0 unspecified atom stereocenters. The molecule has 0 N–H and O–H groups in total.